The first-order chi connectivity index (χ1) is 46.8. The topological polar surface area (TPSA) is 237 Å². The third kappa shape index (κ3) is 69.5. The molecule has 0 aliphatic heterocycles. The molecule has 0 aromatic heterocycles. The quantitative estimate of drug-likeness (QED) is 0.0222. The van der Waals surface area contributed by atoms with Crippen molar-refractivity contribution in [2.45, 2.75) is 420 Å². The summed E-state index contributed by atoms with van der Waals surface area (Å²) >= 11 is 0. The smallest absolute Gasteiger partial charge is 0.462 e. The predicted molar refractivity (Wildman–Crippen MR) is 395 cm³/mol. The van der Waals surface area contributed by atoms with E-state index in [9.17, 15) is 43.2 Å². The molecule has 0 saturated carbocycles. The number of rotatable bonds is 76. The van der Waals surface area contributed by atoms with Crippen LogP contribution in [0, 0.1) is 17.8 Å². The molecule has 576 valence electrons. The fraction of sp³-hybridized carbons (Fsp3) is 0.949. The van der Waals surface area contributed by atoms with E-state index in [2.05, 4.69) is 48.5 Å². The second-order valence-corrected chi connectivity index (χ2v) is 32.0. The summed E-state index contributed by atoms with van der Waals surface area (Å²) in [6, 6.07) is 0. The number of unbranched alkanes of at least 4 members (excludes halogenated alkanes) is 42. The fourth-order valence-corrected chi connectivity index (χ4v) is 13.5. The average Bonchev–Trinajstić information content (AvgIpc) is 1.20. The van der Waals surface area contributed by atoms with Gasteiger partial charge in [-0.25, -0.2) is 9.13 Å². The number of aliphatic hydroxyl groups excluding tert-OH is 1. The van der Waals surface area contributed by atoms with Gasteiger partial charge in [0.05, 0.1) is 26.4 Å². The Bertz CT molecular complexity index is 1890. The Morgan fingerprint density at radius 2 is 0.526 bits per heavy atom. The zero-order valence-electron chi connectivity index (χ0n) is 63.5. The zero-order chi connectivity index (χ0) is 71.6. The Balaban J connectivity index is 5.22. The van der Waals surface area contributed by atoms with E-state index in [-0.39, 0.29) is 25.7 Å². The molecule has 0 radical (unpaired) electrons. The van der Waals surface area contributed by atoms with E-state index in [1.165, 1.54) is 205 Å². The standard InChI is InChI=1S/C78H152O17P2/c1-8-11-12-13-14-15-16-17-25-28-31-37-45-52-59-75(80)88-65-73(94-77(82)61-54-47-38-32-29-26-23-21-19-18-20-22-24-27-30-35-42-49-56-69(4)5)67-92-96(84,85)90-63-72(79)64-91-97(86,87)93-68-74(66-89-76(81)60-53-46-41-40-44-51-58-71(7)10-3)95-78(83)62-55-48-39-34-33-36-43-50-57-70(6)9-2/h69-74,79H,8-68H2,1-7H3,(H,84,85)(H,86,87)/t70?,71?,72-,73-,74-/m1/s1. The highest BCUT2D eigenvalue weighted by Gasteiger charge is 2.30. The van der Waals surface area contributed by atoms with Gasteiger partial charge in [0.1, 0.15) is 19.3 Å². The lowest BCUT2D eigenvalue weighted by molar-refractivity contribution is -0.161. The first-order valence-electron chi connectivity index (χ1n) is 40.4. The Hall–Kier alpha value is -1.94. The molecule has 0 heterocycles. The van der Waals surface area contributed by atoms with Gasteiger partial charge >= 0.3 is 39.5 Å². The van der Waals surface area contributed by atoms with Crippen molar-refractivity contribution in [2.75, 3.05) is 39.6 Å². The number of hydrogen-bond donors (Lipinski definition) is 3. The van der Waals surface area contributed by atoms with Crippen molar-refractivity contribution >= 4 is 39.5 Å². The van der Waals surface area contributed by atoms with Gasteiger partial charge in [-0.2, -0.15) is 0 Å². The summed E-state index contributed by atoms with van der Waals surface area (Å²) in [5.74, 6) is 0.203. The molecule has 0 aliphatic rings. The van der Waals surface area contributed by atoms with E-state index in [0.717, 1.165) is 114 Å². The summed E-state index contributed by atoms with van der Waals surface area (Å²) in [5, 5.41) is 10.6. The van der Waals surface area contributed by atoms with Crippen LogP contribution in [-0.4, -0.2) is 96.7 Å². The third-order valence-electron chi connectivity index (χ3n) is 18.9. The minimum atomic E-state index is -4.96. The van der Waals surface area contributed by atoms with Crippen LogP contribution in [0.3, 0.4) is 0 Å². The molecule has 4 unspecified atom stereocenters. The molecule has 0 rings (SSSR count). The first kappa shape index (κ1) is 95.1. The Labute approximate surface area is 594 Å². The Kier molecular flexibility index (Phi) is 67.1. The van der Waals surface area contributed by atoms with Crippen molar-refractivity contribution in [3.63, 3.8) is 0 Å². The predicted octanol–water partition coefficient (Wildman–Crippen LogP) is 23.0. The van der Waals surface area contributed by atoms with Crippen LogP contribution in [0.25, 0.3) is 0 Å². The van der Waals surface area contributed by atoms with E-state index in [1.807, 2.05) is 0 Å². The van der Waals surface area contributed by atoms with Gasteiger partial charge in [-0.3, -0.25) is 37.3 Å². The maximum Gasteiger partial charge on any atom is 0.472 e. The van der Waals surface area contributed by atoms with Crippen LogP contribution in [0.5, 0.6) is 0 Å². The highest BCUT2D eigenvalue weighted by atomic mass is 31.2. The monoisotopic (exact) mass is 1420 g/mol. The van der Waals surface area contributed by atoms with Crippen LogP contribution in [0.4, 0.5) is 0 Å². The summed E-state index contributed by atoms with van der Waals surface area (Å²) in [6.45, 7) is 11.9. The summed E-state index contributed by atoms with van der Waals surface area (Å²) < 4.78 is 68.6. The summed E-state index contributed by atoms with van der Waals surface area (Å²) in [7, 11) is -9.91. The van der Waals surface area contributed by atoms with E-state index in [4.69, 9.17) is 37.0 Å². The number of phosphoric ester groups is 2. The van der Waals surface area contributed by atoms with Crippen molar-refractivity contribution in [1.82, 2.24) is 0 Å². The van der Waals surface area contributed by atoms with Crippen molar-refractivity contribution < 1.29 is 80.2 Å². The fourth-order valence-electron chi connectivity index (χ4n) is 11.9. The lowest BCUT2D eigenvalue weighted by Gasteiger charge is -2.21. The molecule has 0 aromatic carbocycles. The minimum absolute atomic E-state index is 0.104. The molecule has 0 aromatic rings. The molecule has 0 bridgehead atoms. The van der Waals surface area contributed by atoms with E-state index < -0.39 is 97.5 Å². The molecule has 0 saturated heterocycles. The zero-order valence-corrected chi connectivity index (χ0v) is 65.3. The normalized spacial score (nSPS) is 14.6. The highest BCUT2D eigenvalue weighted by Crippen LogP contribution is 2.45. The van der Waals surface area contributed by atoms with Gasteiger partial charge in [-0.05, 0) is 43.4 Å². The van der Waals surface area contributed by atoms with E-state index in [1.54, 1.807) is 0 Å². The number of esters is 4. The molecule has 19 heteroatoms. The largest absolute Gasteiger partial charge is 0.472 e. The van der Waals surface area contributed by atoms with Gasteiger partial charge in [-0.1, -0.05) is 350 Å². The number of carbonyl (C=O) groups excluding carboxylic acids is 4. The SMILES string of the molecule is CCCCCCCCCCCCCCCCC(=O)OC[C@H](COP(=O)(O)OC[C@@H](O)COP(=O)(O)OC[C@@H](COC(=O)CCCCCCCCC(C)CC)OC(=O)CCCCCCCCCCC(C)CC)OC(=O)CCCCCCCCCCCCCCCCCCCCC(C)C. The summed E-state index contributed by atoms with van der Waals surface area (Å²) in [5.41, 5.74) is 0. The van der Waals surface area contributed by atoms with E-state index >= 15 is 0 Å². The van der Waals surface area contributed by atoms with Crippen molar-refractivity contribution in [1.29, 1.82) is 0 Å². The number of aliphatic hydroxyl groups is 1. The van der Waals surface area contributed by atoms with E-state index in [0.29, 0.717) is 25.7 Å². The Morgan fingerprint density at radius 3 is 0.784 bits per heavy atom. The molecule has 0 aliphatic carbocycles. The number of hydrogen-bond acceptors (Lipinski definition) is 15. The van der Waals surface area contributed by atoms with Crippen LogP contribution in [0.1, 0.15) is 402 Å². The molecule has 17 nitrogen and oxygen atoms in total. The molecule has 0 spiro atoms. The maximum atomic E-state index is 13.1. The van der Waals surface area contributed by atoms with Crippen molar-refractivity contribution in [2.24, 2.45) is 17.8 Å². The second kappa shape index (κ2) is 68.5. The van der Waals surface area contributed by atoms with Gasteiger partial charge in [0.25, 0.3) is 0 Å². The van der Waals surface area contributed by atoms with Gasteiger partial charge in [0, 0.05) is 25.7 Å². The van der Waals surface area contributed by atoms with Crippen molar-refractivity contribution in [3.05, 3.63) is 0 Å². The Morgan fingerprint density at radius 1 is 0.299 bits per heavy atom. The van der Waals surface area contributed by atoms with Crippen LogP contribution in [0.2, 0.25) is 0 Å². The second-order valence-electron chi connectivity index (χ2n) is 29.1. The van der Waals surface area contributed by atoms with Crippen LogP contribution in [0.15, 0.2) is 0 Å². The lowest BCUT2D eigenvalue weighted by atomic mass is 9.99. The highest BCUT2D eigenvalue weighted by molar-refractivity contribution is 7.47. The van der Waals surface area contributed by atoms with Crippen LogP contribution < -0.4 is 0 Å². The number of ether oxygens (including phenoxy) is 4. The first-order valence-corrected chi connectivity index (χ1v) is 43.4. The van der Waals surface area contributed by atoms with Gasteiger partial charge in [-0.15, -0.1) is 0 Å². The minimum Gasteiger partial charge on any atom is -0.462 e. The van der Waals surface area contributed by atoms with Gasteiger partial charge in [0.15, 0.2) is 12.2 Å². The van der Waals surface area contributed by atoms with Crippen LogP contribution in [-0.2, 0) is 65.4 Å². The van der Waals surface area contributed by atoms with Crippen LogP contribution >= 0.6 is 15.6 Å². The molecular weight excluding hydrogens is 1270 g/mol. The maximum absolute atomic E-state index is 13.1. The molecule has 0 fully saturated rings. The molecule has 7 atom stereocenters. The molecule has 3 N–H and O–H groups in total. The molecule has 97 heavy (non-hydrogen) atoms. The van der Waals surface area contributed by atoms with Gasteiger partial charge in [0.2, 0.25) is 0 Å². The third-order valence-corrected chi connectivity index (χ3v) is 20.8. The average molecular weight is 1420 g/mol. The summed E-state index contributed by atoms with van der Waals surface area (Å²) in [6.07, 6.45) is 55.5. The van der Waals surface area contributed by atoms with Gasteiger partial charge < -0.3 is 33.8 Å². The molecule has 0 amide bonds. The van der Waals surface area contributed by atoms with Crippen molar-refractivity contribution in [3.8, 4) is 0 Å². The lowest BCUT2D eigenvalue weighted by Crippen LogP contribution is -2.30. The molecular formula is C78H152O17P2. The number of carbonyl (C=O) groups is 4. The number of phosphoric acid groups is 2. The summed E-state index contributed by atoms with van der Waals surface area (Å²) in [4.78, 5) is 72.9.